The summed E-state index contributed by atoms with van der Waals surface area (Å²) in [5, 5.41) is 13.5. The van der Waals surface area contributed by atoms with Crippen LogP contribution >= 0.6 is 0 Å². The van der Waals surface area contributed by atoms with Gasteiger partial charge in [-0.1, -0.05) is 12.1 Å². The lowest BCUT2D eigenvalue weighted by Gasteiger charge is -2.06. The lowest BCUT2D eigenvalue weighted by atomic mass is 10.2. The monoisotopic (exact) mass is 313 g/mol. The second-order valence-corrected chi connectivity index (χ2v) is 6.35. The molecule has 0 aromatic carbocycles. The van der Waals surface area contributed by atoms with Crippen LogP contribution < -0.4 is 10.0 Å². The molecule has 0 atom stereocenters. The highest BCUT2D eigenvalue weighted by Gasteiger charge is 2.23. The van der Waals surface area contributed by atoms with Crippen LogP contribution in [0.1, 0.15) is 29.6 Å². The van der Waals surface area contributed by atoms with E-state index in [9.17, 15) is 8.42 Å². The largest absolute Gasteiger partial charge is 0.361 e. The van der Waals surface area contributed by atoms with Crippen molar-refractivity contribution in [2.45, 2.75) is 38.9 Å². The lowest BCUT2D eigenvalue weighted by molar-refractivity contribution is 0.390. The van der Waals surface area contributed by atoms with Gasteiger partial charge in [0.1, 0.15) is 5.76 Å². The number of hydrogen-bond acceptors (Lipinski definition) is 6. The third-order valence-electron chi connectivity index (χ3n) is 2.96. The van der Waals surface area contributed by atoms with E-state index in [1.165, 1.54) is 0 Å². The van der Waals surface area contributed by atoms with Crippen LogP contribution in [0.25, 0.3) is 0 Å². The normalized spacial score (nSPS) is 12.0. The van der Waals surface area contributed by atoms with Gasteiger partial charge in [0, 0.05) is 23.9 Å². The number of aromatic nitrogens is 3. The molecule has 0 spiro atoms. The van der Waals surface area contributed by atoms with Crippen molar-refractivity contribution in [3.63, 3.8) is 0 Å². The van der Waals surface area contributed by atoms with Crippen molar-refractivity contribution in [1.82, 2.24) is 25.4 Å². The van der Waals surface area contributed by atoms with E-state index in [1.807, 2.05) is 6.92 Å². The van der Waals surface area contributed by atoms with Crippen LogP contribution in [-0.2, 0) is 23.1 Å². The second kappa shape index (κ2) is 6.37. The molecule has 2 aromatic rings. The molecule has 0 aliphatic rings. The first-order valence-electron chi connectivity index (χ1n) is 6.60. The van der Waals surface area contributed by atoms with Crippen LogP contribution in [0.15, 0.2) is 15.6 Å². The van der Waals surface area contributed by atoms with E-state index in [-0.39, 0.29) is 11.6 Å². The molecule has 0 saturated heterocycles. The van der Waals surface area contributed by atoms with Gasteiger partial charge < -0.3 is 9.84 Å². The fourth-order valence-electron chi connectivity index (χ4n) is 1.85. The van der Waals surface area contributed by atoms with Gasteiger partial charge in [0.2, 0.25) is 0 Å². The van der Waals surface area contributed by atoms with Crippen molar-refractivity contribution in [3.8, 4) is 0 Å². The predicted octanol–water partition coefficient (Wildman–Crippen LogP) is 0.603. The SMILES string of the molecule is CCNCc1c(S(=O)(=O)NCc2cc(C)on2)n[nH]c1C. The van der Waals surface area contributed by atoms with E-state index in [2.05, 4.69) is 25.4 Å². The van der Waals surface area contributed by atoms with E-state index < -0.39 is 10.0 Å². The second-order valence-electron chi connectivity index (χ2n) is 4.67. The highest BCUT2D eigenvalue weighted by molar-refractivity contribution is 7.89. The quantitative estimate of drug-likeness (QED) is 0.690. The molecule has 3 N–H and O–H groups in total. The Kier molecular flexibility index (Phi) is 4.76. The molecule has 0 aliphatic heterocycles. The van der Waals surface area contributed by atoms with Crippen LogP contribution in [-0.4, -0.2) is 30.3 Å². The first-order chi connectivity index (χ1) is 9.94. The van der Waals surface area contributed by atoms with Crippen LogP contribution in [0, 0.1) is 13.8 Å². The van der Waals surface area contributed by atoms with Gasteiger partial charge in [0.05, 0.1) is 12.2 Å². The Hall–Kier alpha value is -1.71. The molecule has 0 bridgehead atoms. The molecule has 2 aromatic heterocycles. The Morgan fingerprint density at radius 3 is 2.71 bits per heavy atom. The fourth-order valence-corrected chi connectivity index (χ4v) is 3.04. The minimum Gasteiger partial charge on any atom is -0.361 e. The van der Waals surface area contributed by atoms with Gasteiger partial charge in [-0.05, 0) is 20.4 Å². The summed E-state index contributed by atoms with van der Waals surface area (Å²) >= 11 is 0. The first kappa shape index (κ1) is 15.7. The Balaban J connectivity index is 2.15. The molecule has 0 amide bonds. The highest BCUT2D eigenvalue weighted by atomic mass is 32.2. The summed E-state index contributed by atoms with van der Waals surface area (Å²) < 4.78 is 32.0. The van der Waals surface area contributed by atoms with Crippen molar-refractivity contribution < 1.29 is 12.9 Å². The number of aromatic amines is 1. The maximum absolute atomic E-state index is 12.3. The van der Waals surface area contributed by atoms with E-state index >= 15 is 0 Å². The average Bonchev–Trinajstić information content (AvgIpc) is 3.01. The van der Waals surface area contributed by atoms with Crippen molar-refractivity contribution >= 4 is 10.0 Å². The van der Waals surface area contributed by atoms with E-state index in [4.69, 9.17) is 4.52 Å². The molecule has 9 heteroatoms. The molecule has 0 saturated carbocycles. The molecule has 0 aliphatic carbocycles. The molecular weight excluding hydrogens is 294 g/mol. The molecule has 21 heavy (non-hydrogen) atoms. The number of rotatable bonds is 7. The van der Waals surface area contributed by atoms with Gasteiger partial charge in [-0.15, -0.1) is 0 Å². The van der Waals surface area contributed by atoms with Crippen LogP contribution in [0.5, 0.6) is 0 Å². The summed E-state index contributed by atoms with van der Waals surface area (Å²) in [7, 11) is -3.70. The molecule has 2 rings (SSSR count). The van der Waals surface area contributed by atoms with Crippen molar-refractivity contribution in [2.75, 3.05) is 6.54 Å². The summed E-state index contributed by atoms with van der Waals surface area (Å²) in [5.41, 5.74) is 1.89. The zero-order valence-electron chi connectivity index (χ0n) is 12.2. The highest BCUT2D eigenvalue weighted by Crippen LogP contribution is 2.16. The number of nitrogens with one attached hydrogen (secondary N) is 3. The minimum atomic E-state index is -3.70. The zero-order valence-corrected chi connectivity index (χ0v) is 13.0. The minimum absolute atomic E-state index is 0.0150. The number of aryl methyl sites for hydroxylation is 2. The Labute approximate surface area is 123 Å². The van der Waals surface area contributed by atoms with Crippen molar-refractivity contribution in [1.29, 1.82) is 0 Å². The smallest absolute Gasteiger partial charge is 0.260 e. The Morgan fingerprint density at radius 1 is 1.33 bits per heavy atom. The molecular formula is C12H19N5O3S. The van der Waals surface area contributed by atoms with Gasteiger partial charge in [-0.25, -0.2) is 13.1 Å². The molecule has 2 heterocycles. The van der Waals surface area contributed by atoms with E-state index in [0.717, 1.165) is 12.2 Å². The zero-order chi connectivity index (χ0) is 15.5. The summed E-state index contributed by atoms with van der Waals surface area (Å²) in [4.78, 5) is 0. The Morgan fingerprint density at radius 2 is 2.10 bits per heavy atom. The van der Waals surface area contributed by atoms with Crippen LogP contribution in [0.3, 0.4) is 0 Å². The maximum atomic E-state index is 12.3. The molecule has 0 radical (unpaired) electrons. The number of H-pyrrole nitrogens is 1. The number of hydrogen-bond donors (Lipinski definition) is 3. The van der Waals surface area contributed by atoms with Crippen LogP contribution in [0.2, 0.25) is 0 Å². The predicted molar refractivity (Wildman–Crippen MR) is 76.0 cm³/mol. The summed E-state index contributed by atoms with van der Waals surface area (Å²) in [6.07, 6.45) is 0. The summed E-state index contributed by atoms with van der Waals surface area (Å²) in [5.74, 6) is 0.632. The molecule has 116 valence electrons. The maximum Gasteiger partial charge on any atom is 0.260 e. The standard InChI is InChI=1S/C12H19N5O3S/c1-4-13-7-11-9(3)15-16-12(11)21(18,19)14-6-10-5-8(2)20-17-10/h5,13-14H,4,6-7H2,1-3H3,(H,15,16). The van der Waals surface area contributed by atoms with Gasteiger partial charge in [-0.3, -0.25) is 5.10 Å². The first-order valence-corrected chi connectivity index (χ1v) is 8.08. The molecule has 0 unspecified atom stereocenters. The van der Waals surface area contributed by atoms with Gasteiger partial charge in [0.25, 0.3) is 10.0 Å². The lowest BCUT2D eigenvalue weighted by Crippen LogP contribution is -2.26. The van der Waals surface area contributed by atoms with Gasteiger partial charge >= 0.3 is 0 Å². The summed E-state index contributed by atoms with van der Waals surface area (Å²) in [6.45, 7) is 6.74. The van der Waals surface area contributed by atoms with Crippen molar-refractivity contribution in [2.24, 2.45) is 0 Å². The third kappa shape index (κ3) is 3.69. The third-order valence-corrected chi connectivity index (χ3v) is 4.33. The van der Waals surface area contributed by atoms with E-state index in [1.54, 1.807) is 19.9 Å². The fraction of sp³-hybridized carbons (Fsp3) is 0.500. The van der Waals surface area contributed by atoms with E-state index in [0.29, 0.717) is 23.6 Å². The topological polar surface area (TPSA) is 113 Å². The van der Waals surface area contributed by atoms with Gasteiger partial charge in [0.15, 0.2) is 5.03 Å². The number of sulfonamides is 1. The molecule has 0 fully saturated rings. The van der Waals surface area contributed by atoms with Crippen molar-refractivity contribution in [3.05, 3.63) is 28.8 Å². The number of nitrogens with zero attached hydrogens (tertiary/aromatic N) is 2. The van der Waals surface area contributed by atoms with Crippen LogP contribution in [0.4, 0.5) is 0 Å². The summed E-state index contributed by atoms with van der Waals surface area (Å²) in [6, 6.07) is 1.68. The average molecular weight is 313 g/mol. The van der Waals surface area contributed by atoms with Gasteiger partial charge in [-0.2, -0.15) is 5.10 Å². The Bertz CT molecular complexity index is 704. The molecule has 8 nitrogen and oxygen atoms in total.